The van der Waals surface area contributed by atoms with Crippen molar-refractivity contribution < 1.29 is 23.2 Å². The van der Waals surface area contributed by atoms with Crippen molar-refractivity contribution >= 4 is 21.4 Å². The van der Waals surface area contributed by atoms with Crippen molar-refractivity contribution in [2.75, 3.05) is 44.3 Å². The molecule has 25 heavy (non-hydrogen) atoms. The van der Waals surface area contributed by atoms with Crippen molar-refractivity contribution in [1.29, 1.82) is 0 Å². The molecule has 0 amide bonds. The molecule has 2 saturated heterocycles. The predicted octanol–water partition coefficient (Wildman–Crippen LogP) is 0.577. The summed E-state index contributed by atoms with van der Waals surface area (Å²) in [7, 11) is -3.87. The highest BCUT2D eigenvalue weighted by molar-refractivity contribution is 7.89. The molecule has 10 heteroatoms. The average Bonchev–Trinajstić information content (AvgIpc) is 2.62. The smallest absolute Gasteiger partial charge is 0.270 e. The van der Waals surface area contributed by atoms with Gasteiger partial charge in [-0.3, -0.25) is 10.1 Å². The number of ether oxygens (including phenoxy) is 1. The van der Waals surface area contributed by atoms with Crippen molar-refractivity contribution in [2.45, 2.75) is 23.8 Å². The normalized spacial score (nSPS) is 20.6. The van der Waals surface area contributed by atoms with Gasteiger partial charge in [0.15, 0.2) is 0 Å². The number of hydrogen-bond acceptors (Lipinski definition) is 7. The summed E-state index contributed by atoms with van der Waals surface area (Å²) in [6.07, 6.45) is 0.677. The van der Waals surface area contributed by atoms with E-state index in [1.54, 1.807) is 0 Å². The molecule has 0 atom stereocenters. The van der Waals surface area contributed by atoms with Gasteiger partial charge < -0.3 is 14.7 Å². The standard InChI is InChI=1S/C15H21N3O6S/c19-13-3-5-16(6-4-13)14-2-1-12(18(20)21)11-15(14)25(22,23)17-7-9-24-10-8-17/h1-2,11,13,19H,3-10H2. The molecule has 1 aromatic rings. The number of sulfonamides is 1. The van der Waals surface area contributed by atoms with Gasteiger partial charge >= 0.3 is 0 Å². The van der Waals surface area contributed by atoms with E-state index in [-0.39, 0.29) is 23.7 Å². The summed E-state index contributed by atoms with van der Waals surface area (Å²) in [5.41, 5.74) is 0.191. The fourth-order valence-electron chi connectivity index (χ4n) is 3.12. The van der Waals surface area contributed by atoms with Crippen molar-refractivity contribution in [1.82, 2.24) is 4.31 Å². The third-order valence-electron chi connectivity index (χ3n) is 4.55. The maximum Gasteiger partial charge on any atom is 0.270 e. The first-order valence-electron chi connectivity index (χ1n) is 8.19. The SMILES string of the molecule is O=[N+]([O-])c1ccc(N2CCC(O)CC2)c(S(=O)(=O)N2CCOCC2)c1. The maximum atomic E-state index is 13.1. The van der Waals surface area contributed by atoms with Crippen LogP contribution in [0, 0.1) is 10.1 Å². The quantitative estimate of drug-likeness (QED) is 0.608. The number of morpholine rings is 1. The van der Waals surface area contributed by atoms with Crippen LogP contribution < -0.4 is 4.90 Å². The Morgan fingerprint density at radius 3 is 2.40 bits per heavy atom. The van der Waals surface area contributed by atoms with Gasteiger partial charge in [-0.1, -0.05) is 0 Å². The maximum absolute atomic E-state index is 13.1. The van der Waals surface area contributed by atoms with Crippen LogP contribution in [-0.2, 0) is 14.8 Å². The molecule has 138 valence electrons. The minimum absolute atomic E-state index is 0.0556. The van der Waals surface area contributed by atoms with Gasteiger partial charge in [-0.25, -0.2) is 8.42 Å². The third-order valence-corrected chi connectivity index (χ3v) is 6.48. The summed E-state index contributed by atoms with van der Waals surface area (Å²) in [6.45, 7) is 2.07. The minimum Gasteiger partial charge on any atom is -0.393 e. The molecule has 2 aliphatic rings. The van der Waals surface area contributed by atoms with Crippen LogP contribution in [0.1, 0.15) is 12.8 Å². The lowest BCUT2D eigenvalue weighted by molar-refractivity contribution is -0.385. The minimum atomic E-state index is -3.87. The molecule has 2 aliphatic heterocycles. The number of nitro benzene ring substituents is 1. The lowest BCUT2D eigenvalue weighted by Crippen LogP contribution is -2.42. The van der Waals surface area contributed by atoms with E-state index in [1.807, 2.05) is 4.90 Å². The van der Waals surface area contributed by atoms with Gasteiger partial charge in [0.2, 0.25) is 10.0 Å². The highest BCUT2D eigenvalue weighted by Crippen LogP contribution is 2.33. The molecule has 2 heterocycles. The second-order valence-electron chi connectivity index (χ2n) is 6.14. The molecule has 0 spiro atoms. The van der Waals surface area contributed by atoms with Crippen LogP contribution in [0.2, 0.25) is 0 Å². The van der Waals surface area contributed by atoms with E-state index in [2.05, 4.69) is 0 Å². The monoisotopic (exact) mass is 371 g/mol. The number of nitro groups is 1. The summed E-state index contributed by atoms with van der Waals surface area (Å²) < 4.78 is 32.6. The number of piperidine rings is 1. The van der Waals surface area contributed by atoms with E-state index < -0.39 is 21.1 Å². The van der Waals surface area contributed by atoms with Crippen LogP contribution in [0.25, 0.3) is 0 Å². The number of benzene rings is 1. The Balaban J connectivity index is 2.02. The van der Waals surface area contributed by atoms with E-state index in [1.165, 1.54) is 16.4 Å². The van der Waals surface area contributed by atoms with Crippen LogP contribution in [0.3, 0.4) is 0 Å². The first-order chi connectivity index (χ1) is 11.9. The Morgan fingerprint density at radius 1 is 1.16 bits per heavy atom. The summed E-state index contributed by atoms with van der Waals surface area (Å²) in [5.74, 6) is 0. The highest BCUT2D eigenvalue weighted by atomic mass is 32.2. The molecule has 0 aromatic heterocycles. The third kappa shape index (κ3) is 3.76. The molecule has 0 bridgehead atoms. The van der Waals surface area contributed by atoms with Gasteiger partial charge in [0.25, 0.3) is 5.69 Å². The zero-order valence-electron chi connectivity index (χ0n) is 13.7. The lowest BCUT2D eigenvalue weighted by Gasteiger charge is -2.34. The molecule has 3 rings (SSSR count). The van der Waals surface area contributed by atoms with E-state index in [0.717, 1.165) is 6.07 Å². The molecular formula is C15H21N3O6S. The number of anilines is 1. The van der Waals surface area contributed by atoms with E-state index >= 15 is 0 Å². The fraction of sp³-hybridized carbons (Fsp3) is 0.600. The van der Waals surface area contributed by atoms with Crippen LogP contribution in [0.15, 0.2) is 23.1 Å². The van der Waals surface area contributed by atoms with Gasteiger partial charge in [-0.15, -0.1) is 0 Å². The number of aliphatic hydroxyl groups excluding tert-OH is 1. The number of aliphatic hydroxyl groups is 1. The molecule has 9 nitrogen and oxygen atoms in total. The Hall–Kier alpha value is -1.75. The van der Waals surface area contributed by atoms with Crippen molar-refractivity contribution in [2.24, 2.45) is 0 Å². The topological polar surface area (TPSA) is 113 Å². The first kappa shape index (κ1) is 18.1. The van der Waals surface area contributed by atoms with Crippen LogP contribution >= 0.6 is 0 Å². The van der Waals surface area contributed by atoms with Gasteiger partial charge in [0.1, 0.15) is 4.90 Å². The zero-order valence-corrected chi connectivity index (χ0v) is 14.5. The molecule has 0 aliphatic carbocycles. The lowest BCUT2D eigenvalue weighted by atomic mass is 10.1. The van der Waals surface area contributed by atoms with E-state index in [9.17, 15) is 23.6 Å². The van der Waals surface area contributed by atoms with Crippen LogP contribution in [0.4, 0.5) is 11.4 Å². The van der Waals surface area contributed by atoms with Gasteiger partial charge in [-0.05, 0) is 18.9 Å². The molecule has 1 aromatic carbocycles. The number of hydrogen-bond donors (Lipinski definition) is 1. The summed E-state index contributed by atoms with van der Waals surface area (Å²) in [5, 5.41) is 20.8. The summed E-state index contributed by atoms with van der Waals surface area (Å²) >= 11 is 0. The number of non-ortho nitro benzene ring substituents is 1. The van der Waals surface area contributed by atoms with Crippen LogP contribution in [0.5, 0.6) is 0 Å². The predicted molar refractivity (Wildman–Crippen MR) is 90.1 cm³/mol. The summed E-state index contributed by atoms with van der Waals surface area (Å²) in [6, 6.07) is 3.94. The Kier molecular flexibility index (Phi) is 5.23. The molecular weight excluding hydrogens is 350 g/mol. The van der Waals surface area contributed by atoms with Crippen molar-refractivity contribution in [3.05, 3.63) is 28.3 Å². The zero-order chi connectivity index (χ0) is 18.0. The molecule has 2 fully saturated rings. The Bertz CT molecular complexity index is 740. The van der Waals surface area contributed by atoms with Crippen molar-refractivity contribution in [3.8, 4) is 0 Å². The largest absolute Gasteiger partial charge is 0.393 e. The highest BCUT2D eigenvalue weighted by Gasteiger charge is 2.32. The Labute approximate surface area is 146 Å². The molecule has 1 N–H and O–H groups in total. The molecule has 0 saturated carbocycles. The molecule has 0 unspecified atom stereocenters. The van der Waals surface area contributed by atoms with Crippen molar-refractivity contribution in [3.63, 3.8) is 0 Å². The fourth-order valence-corrected chi connectivity index (χ4v) is 4.76. The second kappa shape index (κ2) is 7.24. The first-order valence-corrected chi connectivity index (χ1v) is 9.63. The average molecular weight is 371 g/mol. The summed E-state index contributed by atoms with van der Waals surface area (Å²) in [4.78, 5) is 12.3. The number of nitrogens with zero attached hydrogens (tertiary/aromatic N) is 3. The second-order valence-corrected chi connectivity index (χ2v) is 8.05. The van der Waals surface area contributed by atoms with E-state index in [4.69, 9.17) is 4.74 Å². The van der Waals surface area contributed by atoms with Gasteiger partial charge in [-0.2, -0.15) is 4.31 Å². The van der Waals surface area contributed by atoms with Gasteiger partial charge in [0, 0.05) is 38.3 Å². The Morgan fingerprint density at radius 2 is 1.80 bits per heavy atom. The molecule has 0 radical (unpaired) electrons. The van der Waals surface area contributed by atoms with Gasteiger partial charge in [0.05, 0.1) is 29.9 Å². The van der Waals surface area contributed by atoms with Crippen LogP contribution in [-0.4, -0.2) is 68.2 Å². The van der Waals surface area contributed by atoms with E-state index in [0.29, 0.717) is 44.8 Å². The number of rotatable bonds is 4.